The molecular weight excluding hydrogens is 462 g/mol. The number of nitrogens with one attached hydrogen (secondary N) is 1. The van der Waals surface area contributed by atoms with Crippen LogP contribution in [0.15, 0.2) is 54.6 Å². The van der Waals surface area contributed by atoms with Gasteiger partial charge in [0.15, 0.2) is 0 Å². The van der Waals surface area contributed by atoms with Gasteiger partial charge in [0, 0.05) is 13.1 Å². The highest BCUT2D eigenvalue weighted by Gasteiger charge is 2.32. The summed E-state index contributed by atoms with van der Waals surface area (Å²) in [4.78, 5) is 27.9. The highest BCUT2D eigenvalue weighted by atomic mass is 35.5. The Kier molecular flexibility index (Phi) is 9.73. The van der Waals surface area contributed by atoms with Crippen LogP contribution < -0.4 is 9.62 Å². The summed E-state index contributed by atoms with van der Waals surface area (Å²) in [6, 6.07) is 15.0. The van der Waals surface area contributed by atoms with Crippen LogP contribution in [0.1, 0.15) is 32.8 Å². The van der Waals surface area contributed by atoms with Crippen molar-refractivity contribution in [2.45, 2.75) is 39.8 Å². The van der Waals surface area contributed by atoms with Crippen molar-refractivity contribution in [1.29, 1.82) is 0 Å². The van der Waals surface area contributed by atoms with Gasteiger partial charge in [-0.05, 0) is 30.0 Å². The van der Waals surface area contributed by atoms with Crippen LogP contribution in [0.5, 0.6) is 0 Å². The third kappa shape index (κ3) is 7.75. The second kappa shape index (κ2) is 12.0. The first-order valence-corrected chi connectivity index (χ1v) is 13.1. The van der Waals surface area contributed by atoms with Crippen LogP contribution in [-0.4, -0.2) is 50.5 Å². The molecule has 7 nitrogen and oxygen atoms in total. The van der Waals surface area contributed by atoms with Crippen molar-refractivity contribution in [2.75, 3.05) is 23.7 Å². The van der Waals surface area contributed by atoms with Crippen molar-refractivity contribution < 1.29 is 18.0 Å². The van der Waals surface area contributed by atoms with E-state index in [1.807, 2.05) is 51.1 Å². The van der Waals surface area contributed by atoms with Gasteiger partial charge < -0.3 is 10.2 Å². The fraction of sp³-hybridized carbons (Fsp3) is 0.417. The minimum atomic E-state index is -3.82. The Labute approximate surface area is 201 Å². The van der Waals surface area contributed by atoms with Crippen LogP contribution in [0.3, 0.4) is 0 Å². The van der Waals surface area contributed by atoms with Gasteiger partial charge in [0.25, 0.3) is 0 Å². The Morgan fingerprint density at radius 3 is 2.18 bits per heavy atom. The molecule has 2 amide bonds. The van der Waals surface area contributed by atoms with E-state index in [4.69, 9.17) is 11.6 Å². The van der Waals surface area contributed by atoms with Gasteiger partial charge in [-0.25, -0.2) is 8.42 Å². The average Bonchev–Trinajstić information content (AvgIpc) is 2.76. The number of hydrogen-bond acceptors (Lipinski definition) is 4. The van der Waals surface area contributed by atoms with E-state index in [1.165, 1.54) is 4.90 Å². The van der Waals surface area contributed by atoms with Crippen LogP contribution in [0, 0.1) is 5.92 Å². The minimum absolute atomic E-state index is 0.174. The number of rotatable bonds is 11. The molecule has 2 rings (SSSR count). The lowest BCUT2D eigenvalue weighted by Crippen LogP contribution is -2.52. The Hall–Kier alpha value is -2.58. The van der Waals surface area contributed by atoms with Crippen molar-refractivity contribution >= 4 is 39.1 Å². The second-order valence-corrected chi connectivity index (χ2v) is 10.6. The summed E-state index contributed by atoms with van der Waals surface area (Å²) >= 11 is 6.23. The number of carbonyl (C=O) groups excluding carboxylic acids is 2. The molecule has 0 saturated heterocycles. The normalized spacial score (nSPS) is 12.3. The Balaban J connectivity index is 2.40. The van der Waals surface area contributed by atoms with Gasteiger partial charge in [-0.2, -0.15) is 0 Å². The maximum absolute atomic E-state index is 13.5. The zero-order valence-corrected chi connectivity index (χ0v) is 21.1. The van der Waals surface area contributed by atoms with Gasteiger partial charge in [-0.1, -0.05) is 74.8 Å². The smallest absolute Gasteiger partial charge is 0.244 e. The molecule has 0 saturated carbocycles. The molecule has 180 valence electrons. The first-order chi connectivity index (χ1) is 15.5. The van der Waals surface area contributed by atoms with Crippen molar-refractivity contribution in [1.82, 2.24) is 10.2 Å². The van der Waals surface area contributed by atoms with E-state index < -0.39 is 28.5 Å². The lowest BCUT2D eigenvalue weighted by molar-refractivity contribution is -0.140. The maximum Gasteiger partial charge on any atom is 0.244 e. The molecule has 1 N–H and O–H groups in total. The van der Waals surface area contributed by atoms with Crippen LogP contribution in [0.4, 0.5) is 5.69 Å². The van der Waals surface area contributed by atoms with Gasteiger partial charge in [0.2, 0.25) is 21.8 Å². The Morgan fingerprint density at radius 1 is 1.03 bits per heavy atom. The highest BCUT2D eigenvalue weighted by molar-refractivity contribution is 7.92. The summed E-state index contributed by atoms with van der Waals surface area (Å²) in [6.07, 6.45) is 1.41. The molecule has 2 aromatic rings. The van der Waals surface area contributed by atoms with E-state index in [1.54, 1.807) is 24.3 Å². The topological polar surface area (TPSA) is 86.8 Å². The molecule has 0 bridgehead atoms. The van der Waals surface area contributed by atoms with Gasteiger partial charge >= 0.3 is 0 Å². The molecule has 0 aromatic heterocycles. The number of halogens is 1. The fourth-order valence-electron chi connectivity index (χ4n) is 3.37. The predicted octanol–water partition coefficient (Wildman–Crippen LogP) is 3.69. The first kappa shape index (κ1) is 26.7. The van der Waals surface area contributed by atoms with Crippen LogP contribution in [-0.2, 0) is 26.2 Å². The van der Waals surface area contributed by atoms with E-state index in [0.717, 1.165) is 16.1 Å². The summed E-state index contributed by atoms with van der Waals surface area (Å²) in [5.74, 6) is -0.499. The first-order valence-electron chi connectivity index (χ1n) is 10.9. The molecular formula is C24H32ClN3O4S. The molecule has 1 atom stereocenters. The third-order valence-corrected chi connectivity index (χ3v) is 6.51. The number of nitrogens with zero attached hydrogens (tertiary/aromatic N) is 2. The van der Waals surface area contributed by atoms with E-state index in [2.05, 4.69) is 5.32 Å². The van der Waals surface area contributed by atoms with Crippen molar-refractivity contribution in [2.24, 2.45) is 5.92 Å². The largest absolute Gasteiger partial charge is 0.354 e. The van der Waals surface area contributed by atoms with E-state index in [0.29, 0.717) is 13.0 Å². The molecule has 0 spiro atoms. The molecule has 0 radical (unpaired) electrons. The SMILES string of the molecule is CC[C@@H](C(=O)NCC(C)C)N(Cc1ccccc1)C(=O)CN(c1ccccc1Cl)S(C)(=O)=O. The zero-order valence-electron chi connectivity index (χ0n) is 19.5. The second-order valence-electron chi connectivity index (χ2n) is 8.29. The fourth-order valence-corrected chi connectivity index (χ4v) is 4.52. The molecule has 0 unspecified atom stereocenters. The number of carbonyl (C=O) groups is 2. The molecule has 0 aliphatic carbocycles. The number of para-hydroxylation sites is 1. The van der Waals surface area contributed by atoms with Gasteiger partial charge in [-0.15, -0.1) is 0 Å². The van der Waals surface area contributed by atoms with E-state index in [9.17, 15) is 18.0 Å². The van der Waals surface area contributed by atoms with E-state index in [-0.39, 0.29) is 29.1 Å². The summed E-state index contributed by atoms with van der Waals surface area (Å²) in [5.41, 5.74) is 1.05. The molecule has 2 aromatic carbocycles. The van der Waals surface area contributed by atoms with Crippen molar-refractivity contribution in [3.05, 3.63) is 65.2 Å². The maximum atomic E-state index is 13.5. The highest BCUT2D eigenvalue weighted by Crippen LogP contribution is 2.27. The van der Waals surface area contributed by atoms with Crippen LogP contribution >= 0.6 is 11.6 Å². The van der Waals surface area contributed by atoms with Gasteiger partial charge in [-0.3, -0.25) is 13.9 Å². The Morgan fingerprint density at radius 2 is 1.64 bits per heavy atom. The lowest BCUT2D eigenvalue weighted by atomic mass is 10.1. The van der Waals surface area contributed by atoms with Crippen LogP contribution in [0.25, 0.3) is 0 Å². The molecule has 0 fully saturated rings. The zero-order chi connectivity index (χ0) is 24.6. The number of sulfonamides is 1. The third-order valence-electron chi connectivity index (χ3n) is 5.07. The number of anilines is 1. The summed E-state index contributed by atoms with van der Waals surface area (Å²) in [7, 11) is -3.82. The monoisotopic (exact) mass is 493 g/mol. The molecule has 0 heterocycles. The summed E-state index contributed by atoms with van der Waals surface area (Å²) < 4.78 is 26.1. The average molecular weight is 494 g/mol. The molecule has 9 heteroatoms. The quantitative estimate of drug-likeness (QED) is 0.517. The lowest BCUT2D eigenvalue weighted by Gasteiger charge is -2.33. The molecule has 0 aliphatic heterocycles. The number of amides is 2. The predicted molar refractivity (Wildman–Crippen MR) is 133 cm³/mol. The van der Waals surface area contributed by atoms with E-state index >= 15 is 0 Å². The van der Waals surface area contributed by atoms with Crippen molar-refractivity contribution in [3.63, 3.8) is 0 Å². The van der Waals surface area contributed by atoms with Crippen molar-refractivity contribution in [3.8, 4) is 0 Å². The summed E-state index contributed by atoms with van der Waals surface area (Å²) in [6.45, 7) is 5.99. The molecule has 33 heavy (non-hydrogen) atoms. The number of benzene rings is 2. The van der Waals surface area contributed by atoms with Gasteiger partial charge in [0.1, 0.15) is 12.6 Å². The minimum Gasteiger partial charge on any atom is -0.354 e. The standard InChI is InChI=1S/C24H32ClN3O4S/c1-5-21(24(30)26-15-18(2)3)27(16-19-11-7-6-8-12-19)23(29)17-28(33(4,31)32)22-14-10-9-13-20(22)25/h6-14,18,21H,5,15-17H2,1-4H3,(H,26,30)/t21-/m0/s1. The summed E-state index contributed by atoms with van der Waals surface area (Å²) in [5, 5.41) is 3.11. The van der Waals surface area contributed by atoms with Gasteiger partial charge in [0.05, 0.1) is 17.0 Å². The Bertz CT molecular complexity index is 1040. The van der Waals surface area contributed by atoms with Crippen LogP contribution in [0.2, 0.25) is 5.02 Å². The number of hydrogen-bond donors (Lipinski definition) is 1. The molecule has 0 aliphatic rings.